The van der Waals surface area contributed by atoms with Gasteiger partial charge in [-0.3, -0.25) is 9.59 Å². The van der Waals surface area contributed by atoms with E-state index < -0.39 is 24.2 Å². The Labute approximate surface area is 117 Å². The van der Waals surface area contributed by atoms with Gasteiger partial charge in [-0.2, -0.15) is 0 Å². The van der Waals surface area contributed by atoms with Gasteiger partial charge in [-0.05, 0) is 20.8 Å². The van der Waals surface area contributed by atoms with Crippen LogP contribution >= 0.6 is 0 Å². The molecule has 0 amide bonds. The second-order valence-corrected chi connectivity index (χ2v) is 5.41. The molecule has 0 spiro atoms. The first-order valence-electron chi connectivity index (χ1n) is 6.51. The highest BCUT2D eigenvalue weighted by atomic mass is 16.8. The predicted octanol–water partition coefficient (Wildman–Crippen LogP) is 0.400. The highest BCUT2D eigenvalue weighted by molar-refractivity contribution is 5.94. The van der Waals surface area contributed by atoms with Crippen LogP contribution in [0.1, 0.15) is 27.2 Å². The minimum atomic E-state index is -0.725. The Balaban J connectivity index is 1.92. The van der Waals surface area contributed by atoms with E-state index in [-0.39, 0.29) is 31.0 Å². The van der Waals surface area contributed by atoms with Gasteiger partial charge < -0.3 is 23.7 Å². The van der Waals surface area contributed by atoms with E-state index in [0.717, 1.165) is 0 Å². The van der Waals surface area contributed by atoms with Crippen molar-refractivity contribution < 1.29 is 33.3 Å². The number of carbonyl (C=O) groups excluding carboxylic acids is 2. The van der Waals surface area contributed by atoms with Gasteiger partial charge in [0.1, 0.15) is 37.1 Å². The Hall–Kier alpha value is -1.02. The predicted molar refractivity (Wildman–Crippen MR) is 65.8 cm³/mol. The average Bonchev–Trinajstić information content (AvgIpc) is 2.79. The Morgan fingerprint density at radius 3 is 2.45 bits per heavy atom. The molecule has 2 fully saturated rings. The summed E-state index contributed by atoms with van der Waals surface area (Å²) in [5, 5.41) is 0. The molecule has 7 heteroatoms. The minimum absolute atomic E-state index is 0.00653. The first-order chi connectivity index (χ1) is 9.32. The third-order valence-electron chi connectivity index (χ3n) is 3.14. The molecule has 0 aromatic carbocycles. The smallest absolute Gasteiger partial charge is 0.313 e. The first kappa shape index (κ1) is 15.4. The molecule has 0 radical (unpaired) electrons. The maximum atomic E-state index is 11.4. The molecule has 2 saturated heterocycles. The minimum Gasteiger partial charge on any atom is -0.462 e. The van der Waals surface area contributed by atoms with Crippen molar-refractivity contribution in [1.82, 2.24) is 0 Å². The summed E-state index contributed by atoms with van der Waals surface area (Å²) in [6.45, 7) is 4.95. The molecule has 114 valence electrons. The van der Waals surface area contributed by atoms with E-state index >= 15 is 0 Å². The van der Waals surface area contributed by atoms with Gasteiger partial charge in [0.25, 0.3) is 0 Å². The quantitative estimate of drug-likeness (QED) is 0.535. The molecule has 0 unspecified atom stereocenters. The lowest BCUT2D eigenvalue weighted by Crippen LogP contribution is -2.33. The van der Waals surface area contributed by atoms with Crippen LogP contribution < -0.4 is 0 Å². The second-order valence-electron chi connectivity index (χ2n) is 5.41. The molecule has 0 aromatic heterocycles. The van der Waals surface area contributed by atoms with Gasteiger partial charge >= 0.3 is 5.97 Å². The third-order valence-corrected chi connectivity index (χ3v) is 3.14. The molecule has 4 atom stereocenters. The highest BCUT2D eigenvalue weighted by Crippen LogP contribution is 2.38. The van der Waals surface area contributed by atoms with Crippen molar-refractivity contribution in [2.75, 3.05) is 13.7 Å². The molecule has 0 saturated carbocycles. The van der Waals surface area contributed by atoms with Crippen molar-refractivity contribution in [1.29, 1.82) is 0 Å². The van der Waals surface area contributed by atoms with Crippen molar-refractivity contribution in [3.05, 3.63) is 0 Å². The fourth-order valence-corrected chi connectivity index (χ4v) is 2.40. The summed E-state index contributed by atoms with van der Waals surface area (Å²) in [4.78, 5) is 22.2. The zero-order valence-electron chi connectivity index (χ0n) is 12.1. The number of hydrogen-bond acceptors (Lipinski definition) is 7. The molecule has 0 aliphatic carbocycles. The fraction of sp³-hybridized carbons (Fsp3) is 0.846. The summed E-state index contributed by atoms with van der Waals surface area (Å²) in [5.41, 5.74) is 0. The van der Waals surface area contributed by atoms with Crippen molar-refractivity contribution >= 4 is 11.8 Å². The largest absolute Gasteiger partial charge is 0.462 e. The Bertz CT molecular complexity index is 392. The number of methoxy groups -OCH3 is 1. The van der Waals surface area contributed by atoms with E-state index in [1.807, 2.05) is 0 Å². The van der Waals surface area contributed by atoms with Crippen molar-refractivity contribution in [3.8, 4) is 0 Å². The fourth-order valence-electron chi connectivity index (χ4n) is 2.40. The van der Waals surface area contributed by atoms with Crippen molar-refractivity contribution in [2.45, 2.75) is 57.6 Å². The van der Waals surface area contributed by atoms with Crippen LogP contribution in [0.4, 0.5) is 0 Å². The Morgan fingerprint density at radius 1 is 1.20 bits per heavy atom. The van der Waals surface area contributed by atoms with Gasteiger partial charge in [0.2, 0.25) is 0 Å². The lowest BCUT2D eigenvalue weighted by atomic mass is 10.1. The van der Waals surface area contributed by atoms with Gasteiger partial charge in [-0.25, -0.2) is 0 Å². The van der Waals surface area contributed by atoms with E-state index in [4.69, 9.17) is 23.7 Å². The average molecular weight is 288 g/mol. The Morgan fingerprint density at radius 2 is 1.85 bits per heavy atom. The van der Waals surface area contributed by atoms with Crippen LogP contribution in [-0.2, 0) is 33.3 Å². The van der Waals surface area contributed by atoms with Gasteiger partial charge in [-0.1, -0.05) is 0 Å². The first-order valence-corrected chi connectivity index (χ1v) is 6.51. The van der Waals surface area contributed by atoms with Crippen LogP contribution in [-0.4, -0.2) is 55.9 Å². The van der Waals surface area contributed by atoms with Gasteiger partial charge in [-0.15, -0.1) is 0 Å². The topological polar surface area (TPSA) is 80.3 Å². The van der Waals surface area contributed by atoms with Crippen molar-refractivity contribution in [2.24, 2.45) is 0 Å². The van der Waals surface area contributed by atoms with E-state index in [1.54, 1.807) is 13.8 Å². The van der Waals surface area contributed by atoms with Crippen LogP contribution in [0.15, 0.2) is 0 Å². The molecule has 7 nitrogen and oxygen atoms in total. The van der Waals surface area contributed by atoms with Crippen LogP contribution in [0.3, 0.4) is 0 Å². The molecule has 0 bridgehead atoms. The van der Waals surface area contributed by atoms with E-state index in [2.05, 4.69) is 0 Å². The number of ether oxygens (including phenoxy) is 5. The molecule has 2 heterocycles. The monoisotopic (exact) mass is 288 g/mol. The summed E-state index contributed by atoms with van der Waals surface area (Å²) >= 11 is 0. The number of Topliss-reactive ketones (excluding diaryl/α,β-unsaturated/α-hetero) is 1. The third kappa shape index (κ3) is 3.35. The summed E-state index contributed by atoms with van der Waals surface area (Å²) in [5.74, 6) is -1.54. The number of carbonyl (C=O) groups is 2. The van der Waals surface area contributed by atoms with Gasteiger partial charge in [0, 0.05) is 7.11 Å². The summed E-state index contributed by atoms with van der Waals surface area (Å²) < 4.78 is 27.3. The highest BCUT2D eigenvalue weighted by Gasteiger charge is 2.55. The Kier molecular flexibility index (Phi) is 4.43. The lowest BCUT2D eigenvalue weighted by molar-refractivity contribution is -0.231. The number of rotatable bonds is 5. The number of esters is 1. The standard InChI is InChI=1S/C13H20O7/c1-7(14)5-9(15)17-6-8-10-11(12(16-4)18-8)20-13(2,3)19-10/h8,10-12H,5-6H2,1-4H3/t8-,10-,11-,12-/m1/s1. The molecule has 0 aromatic rings. The zero-order chi connectivity index (χ0) is 14.9. The molecule has 2 aliphatic heterocycles. The molecular weight excluding hydrogens is 268 g/mol. The van der Waals surface area contributed by atoms with E-state index in [9.17, 15) is 9.59 Å². The maximum absolute atomic E-state index is 11.4. The van der Waals surface area contributed by atoms with E-state index in [0.29, 0.717) is 0 Å². The lowest BCUT2D eigenvalue weighted by Gasteiger charge is -2.23. The van der Waals surface area contributed by atoms with Crippen LogP contribution in [0.25, 0.3) is 0 Å². The molecule has 2 aliphatic rings. The normalized spacial score (nSPS) is 34.8. The zero-order valence-corrected chi connectivity index (χ0v) is 12.1. The van der Waals surface area contributed by atoms with Gasteiger partial charge in [0.05, 0.1) is 0 Å². The summed E-state index contributed by atoms with van der Waals surface area (Å²) in [7, 11) is 1.51. The van der Waals surface area contributed by atoms with Crippen LogP contribution in [0.2, 0.25) is 0 Å². The maximum Gasteiger partial charge on any atom is 0.313 e. The SMILES string of the molecule is CO[C@@H]1O[C@H](COC(=O)CC(C)=O)[C@H]2OC(C)(C)O[C@@H]12. The second kappa shape index (κ2) is 5.77. The van der Waals surface area contributed by atoms with Gasteiger partial charge in [0.15, 0.2) is 12.1 Å². The number of hydrogen-bond donors (Lipinski definition) is 0. The number of fused-ring (bicyclic) bond motifs is 1. The van der Waals surface area contributed by atoms with Crippen LogP contribution in [0.5, 0.6) is 0 Å². The molecule has 2 rings (SSSR count). The summed E-state index contributed by atoms with van der Waals surface area (Å²) in [6, 6.07) is 0. The van der Waals surface area contributed by atoms with Crippen molar-refractivity contribution in [3.63, 3.8) is 0 Å². The van der Waals surface area contributed by atoms with E-state index in [1.165, 1.54) is 14.0 Å². The van der Waals surface area contributed by atoms with Crippen LogP contribution in [0, 0.1) is 0 Å². The molecule has 20 heavy (non-hydrogen) atoms. The molecule has 0 N–H and O–H groups in total. The molecular formula is C13H20O7. The summed E-state index contributed by atoms with van der Waals surface area (Å²) in [6.07, 6.45) is -1.98. The number of ketones is 1.